The third-order valence-corrected chi connectivity index (χ3v) is 6.82. The third kappa shape index (κ3) is 4.06. The van der Waals surface area contributed by atoms with Crippen molar-refractivity contribution in [3.05, 3.63) is 11.6 Å². The van der Waals surface area contributed by atoms with Crippen LogP contribution in [0.2, 0.25) is 0 Å². The first-order chi connectivity index (χ1) is 16.0. The first-order valence-electron chi connectivity index (χ1n) is 11.5. The minimum Gasteiger partial charge on any atom is -0.383 e. The van der Waals surface area contributed by atoms with E-state index in [0.29, 0.717) is 18.8 Å². The van der Waals surface area contributed by atoms with E-state index in [-0.39, 0.29) is 6.42 Å². The standard InChI is InChI=1S/C22H31F2N6O4/c1-21(2)33-14-15(19(31)30-10-22(23,24)9-12(30)5-7-28(3)4)32-20(16(14)34-21)29-8-6-13-17(25)26-11-27-18(13)29/h6,8,11-12,14-16,18,20H,5,7,9-10H2,1-4H3,(H2,25,26,27)/q+1/t12-,14-,15+,16-,18?,20-/m1/s1. The monoisotopic (exact) mass is 481 g/mol. The van der Waals surface area contributed by atoms with Crippen molar-refractivity contribution in [2.45, 2.75) is 75.1 Å². The van der Waals surface area contributed by atoms with E-state index in [2.05, 4.69) is 9.98 Å². The number of nitrogens with zero attached hydrogens (tertiary/aromatic N) is 5. The summed E-state index contributed by atoms with van der Waals surface area (Å²) >= 11 is 0. The van der Waals surface area contributed by atoms with Crippen LogP contribution in [0.3, 0.4) is 0 Å². The van der Waals surface area contributed by atoms with Crippen molar-refractivity contribution in [3.63, 3.8) is 0 Å². The summed E-state index contributed by atoms with van der Waals surface area (Å²) in [6, 6.07) is -0.577. The number of rotatable bonds is 5. The van der Waals surface area contributed by atoms with E-state index in [0.717, 1.165) is 5.57 Å². The zero-order valence-electron chi connectivity index (χ0n) is 19.7. The zero-order valence-corrected chi connectivity index (χ0v) is 19.7. The fourth-order valence-corrected chi connectivity index (χ4v) is 5.33. The number of hydrogen-bond donors (Lipinski definition) is 1. The molecule has 3 fully saturated rings. The maximum atomic E-state index is 14.4. The molecule has 5 rings (SSSR count). The van der Waals surface area contributed by atoms with Crippen molar-refractivity contribution >= 4 is 24.3 Å². The van der Waals surface area contributed by atoms with Gasteiger partial charge in [0.1, 0.15) is 18.3 Å². The molecule has 10 nitrogen and oxygen atoms in total. The highest BCUT2D eigenvalue weighted by molar-refractivity contribution is 6.06. The lowest BCUT2D eigenvalue weighted by atomic mass is 10.1. The van der Waals surface area contributed by atoms with Crippen LogP contribution >= 0.6 is 0 Å². The van der Waals surface area contributed by atoms with Gasteiger partial charge in [-0.3, -0.25) is 4.79 Å². The van der Waals surface area contributed by atoms with Crippen LogP contribution in [0.25, 0.3) is 0 Å². The van der Waals surface area contributed by atoms with Crippen LogP contribution in [0.15, 0.2) is 21.6 Å². The number of allylic oxidation sites excluding steroid dienone is 1. The minimum atomic E-state index is -2.94. The number of fused-ring (bicyclic) bond motifs is 2. The lowest BCUT2D eigenvalue weighted by Crippen LogP contribution is -2.48. The Morgan fingerprint density at radius 3 is 2.79 bits per heavy atom. The molecule has 12 heteroatoms. The van der Waals surface area contributed by atoms with Gasteiger partial charge in [0.25, 0.3) is 24.2 Å². The molecule has 5 aliphatic rings. The molecule has 0 radical (unpaired) electrons. The molecule has 0 aliphatic carbocycles. The van der Waals surface area contributed by atoms with Crippen molar-refractivity contribution in [1.82, 2.24) is 9.80 Å². The summed E-state index contributed by atoms with van der Waals surface area (Å²) in [5.41, 5.74) is 6.71. The number of amides is 1. The summed E-state index contributed by atoms with van der Waals surface area (Å²) < 4.78 is 49.0. The first-order valence-corrected chi connectivity index (χ1v) is 11.5. The van der Waals surface area contributed by atoms with E-state index in [1.165, 1.54) is 11.2 Å². The van der Waals surface area contributed by atoms with Crippen LogP contribution in [0.4, 0.5) is 8.78 Å². The number of amidine groups is 1. The quantitative estimate of drug-likeness (QED) is 0.562. The van der Waals surface area contributed by atoms with E-state index >= 15 is 0 Å². The molecule has 0 aromatic carbocycles. The normalized spacial score (nSPS) is 37.5. The molecule has 1 unspecified atom stereocenters. The molecule has 3 saturated heterocycles. The van der Waals surface area contributed by atoms with Gasteiger partial charge in [0.2, 0.25) is 0 Å². The Balaban J connectivity index is 1.39. The van der Waals surface area contributed by atoms with Crippen molar-refractivity contribution in [2.24, 2.45) is 15.7 Å². The lowest BCUT2D eigenvalue weighted by molar-refractivity contribution is -0.632. The Labute approximate surface area is 196 Å². The highest BCUT2D eigenvalue weighted by Crippen LogP contribution is 2.42. The van der Waals surface area contributed by atoms with Gasteiger partial charge in [0.15, 0.2) is 24.2 Å². The molecule has 1 amide bonds. The van der Waals surface area contributed by atoms with E-state index < -0.39 is 60.9 Å². The Kier molecular flexibility index (Phi) is 5.62. The molecule has 34 heavy (non-hydrogen) atoms. The number of likely N-dealkylation sites (tertiary alicyclic amines) is 1. The van der Waals surface area contributed by atoms with Crippen LogP contribution in [-0.4, -0.2) is 114 Å². The van der Waals surface area contributed by atoms with E-state index in [1.807, 2.05) is 23.6 Å². The number of hydrogen-bond acceptors (Lipinski definition) is 8. The number of nitrogens with two attached hydrogens (primary N) is 1. The Hall–Kier alpha value is -2.28. The maximum Gasteiger partial charge on any atom is 0.290 e. The van der Waals surface area contributed by atoms with Crippen molar-refractivity contribution < 1.29 is 32.4 Å². The van der Waals surface area contributed by atoms with Crippen LogP contribution in [0.1, 0.15) is 26.7 Å². The molecular formula is C22H31F2N6O4+. The Bertz CT molecular complexity index is 994. The predicted octanol–water partition coefficient (Wildman–Crippen LogP) is 0.168. The number of alkyl halides is 2. The van der Waals surface area contributed by atoms with Gasteiger partial charge in [-0.25, -0.2) is 18.8 Å². The predicted molar refractivity (Wildman–Crippen MR) is 119 cm³/mol. The largest absolute Gasteiger partial charge is 0.383 e. The lowest BCUT2D eigenvalue weighted by Gasteiger charge is -2.29. The van der Waals surface area contributed by atoms with Gasteiger partial charge in [-0.05, 0) is 40.9 Å². The molecule has 2 N–H and O–H groups in total. The Morgan fingerprint density at radius 1 is 1.32 bits per heavy atom. The summed E-state index contributed by atoms with van der Waals surface area (Å²) in [5, 5.41) is 0. The second kappa shape index (κ2) is 8.14. The highest BCUT2D eigenvalue weighted by atomic mass is 19.3. The molecule has 5 heterocycles. The average Bonchev–Trinajstić information content (AvgIpc) is 3.46. The topological polar surface area (TPSA) is 105 Å². The van der Waals surface area contributed by atoms with Gasteiger partial charge < -0.3 is 29.7 Å². The smallest absolute Gasteiger partial charge is 0.290 e. The SMILES string of the molecule is CN(C)CC[C@@H]1CC(F)(F)CN1C(=O)[C@H]1O[C@@H]([N+]2=CC=C3C(N)=NC=NC32)[C@@H]2OC(C)(C)O[C@@H]21. The van der Waals surface area contributed by atoms with Gasteiger partial charge >= 0.3 is 0 Å². The molecule has 0 aromatic heterocycles. The molecule has 6 atom stereocenters. The van der Waals surface area contributed by atoms with E-state index in [1.54, 1.807) is 26.1 Å². The molecule has 5 aliphatic heterocycles. The number of carbonyl (C=O) groups is 1. The van der Waals surface area contributed by atoms with Gasteiger partial charge in [-0.15, -0.1) is 0 Å². The van der Waals surface area contributed by atoms with Crippen LogP contribution in [0.5, 0.6) is 0 Å². The number of halogens is 2. The van der Waals surface area contributed by atoms with Crippen molar-refractivity contribution in [1.29, 1.82) is 0 Å². The van der Waals surface area contributed by atoms with Gasteiger partial charge in [0, 0.05) is 18.5 Å². The number of aliphatic imine (C=N–C) groups is 2. The summed E-state index contributed by atoms with van der Waals surface area (Å²) in [6.45, 7) is 3.48. The fourth-order valence-electron chi connectivity index (χ4n) is 5.33. The summed E-state index contributed by atoms with van der Waals surface area (Å²) in [4.78, 5) is 25.3. The van der Waals surface area contributed by atoms with Crippen LogP contribution in [-0.2, 0) is 19.0 Å². The molecule has 186 valence electrons. The summed E-state index contributed by atoms with van der Waals surface area (Å²) in [5.74, 6) is -4.04. The van der Waals surface area contributed by atoms with E-state index in [4.69, 9.17) is 19.9 Å². The van der Waals surface area contributed by atoms with Crippen molar-refractivity contribution in [3.8, 4) is 0 Å². The molecule has 0 bridgehead atoms. The van der Waals surface area contributed by atoms with Crippen LogP contribution < -0.4 is 5.73 Å². The summed E-state index contributed by atoms with van der Waals surface area (Å²) in [7, 11) is 3.75. The number of ether oxygens (including phenoxy) is 3. The zero-order chi connectivity index (χ0) is 24.4. The Morgan fingerprint density at radius 2 is 2.06 bits per heavy atom. The van der Waals surface area contributed by atoms with E-state index in [9.17, 15) is 13.6 Å². The minimum absolute atomic E-state index is 0.355. The highest BCUT2D eigenvalue weighted by Gasteiger charge is 2.64. The fraction of sp³-hybridized carbons (Fsp3) is 0.727. The summed E-state index contributed by atoms with van der Waals surface area (Å²) in [6.07, 6.45) is 1.43. The second-order valence-electron chi connectivity index (χ2n) is 10.2. The molecule has 0 saturated carbocycles. The first kappa shape index (κ1) is 23.5. The third-order valence-electron chi connectivity index (χ3n) is 6.82. The second-order valence-corrected chi connectivity index (χ2v) is 10.2. The average molecular weight is 482 g/mol. The maximum absolute atomic E-state index is 14.4. The molecular weight excluding hydrogens is 450 g/mol. The molecule has 0 spiro atoms. The van der Waals surface area contributed by atoms with Crippen LogP contribution in [0, 0.1) is 0 Å². The molecule has 0 aromatic rings. The van der Waals surface area contributed by atoms with Crippen molar-refractivity contribution in [2.75, 3.05) is 27.2 Å². The van der Waals surface area contributed by atoms with Gasteiger partial charge in [-0.2, -0.15) is 4.58 Å². The van der Waals surface area contributed by atoms with Gasteiger partial charge in [0.05, 0.1) is 12.1 Å². The van der Waals surface area contributed by atoms with Gasteiger partial charge in [-0.1, -0.05) is 0 Å². The number of carbonyl (C=O) groups excluding carboxylic acids is 1.